The molecule has 70 valence electrons. The van der Waals surface area contributed by atoms with E-state index in [2.05, 4.69) is 66.6 Å². The first-order valence-corrected chi connectivity index (χ1v) is 4.95. The Balaban J connectivity index is 2.63. The van der Waals surface area contributed by atoms with Crippen LogP contribution in [0.5, 0.6) is 0 Å². The maximum absolute atomic E-state index is 2.33. The lowest BCUT2D eigenvalue weighted by Gasteiger charge is -2.12. The van der Waals surface area contributed by atoms with Crippen molar-refractivity contribution in [1.29, 1.82) is 0 Å². The smallest absolute Gasteiger partial charge is 0.221 e. The molecule has 0 saturated carbocycles. The van der Waals surface area contributed by atoms with Crippen LogP contribution in [0, 0.1) is 13.8 Å². The monoisotopic (exact) mass is 183 g/mol. The molecule has 0 aliphatic heterocycles. The van der Waals surface area contributed by atoms with Crippen molar-refractivity contribution >= 4 is 6.48 Å². The molecule has 0 saturated heterocycles. The minimum Gasteiger partial charge on any atom is -0.427 e. The number of aromatic nitrogens is 1. The fourth-order valence-corrected chi connectivity index (χ4v) is 1.89. The Bertz CT molecular complexity index is 417. The van der Waals surface area contributed by atoms with Gasteiger partial charge in [0.1, 0.15) is 11.4 Å². The summed E-state index contributed by atoms with van der Waals surface area (Å²) in [7, 11) is 0. The molecular weight excluding hydrogens is 169 g/mol. The Labute approximate surface area is 85.1 Å². The van der Waals surface area contributed by atoms with Crippen LogP contribution in [-0.4, -0.2) is 6.48 Å². The molecule has 2 heteroatoms. The maximum Gasteiger partial charge on any atom is 0.221 e. The van der Waals surface area contributed by atoms with Gasteiger partial charge < -0.3 is 4.48 Å². The third-order valence-electron chi connectivity index (χ3n) is 2.57. The molecule has 0 fully saturated rings. The van der Waals surface area contributed by atoms with Crippen LogP contribution >= 0.6 is 0 Å². The zero-order chi connectivity index (χ0) is 9.97. The minimum atomic E-state index is 0.376. The van der Waals surface area contributed by atoms with Gasteiger partial charge in [-0.1, -0.05) is 24.3 Å². The second-order valence-corrected chi connectivity index (χ2v) is 3.63. The molecule has 0 aliphatic rings. The Morgan fingerprint density at radius 2 is 1.43 bits per heavy atom. The lowest BCUT2D eigenvalue weighted by molar-refractivity contribution is -0.545. The molecule has 2 heterocycles. The standard InChI is InChI=1S/C12H14BN/c1-11-7-6-8-12(2)14(11)13-9-4-3-5-10-13/h3-10H,1-2H3. The van der Waals surface area contributed by atoms with Crippen LogP contribution < -0.4 is 4.48 Å². The van der Waals surface area contributed by atoms with Gasteiger partial charge in [0, 0.05) is 26.0 Å². The zero-order valence-electron chi connectivity index (χ0n) is 8.64. The third-order valence-corrected chi connectivity index (χ3v) is 2.57. The average Bonchev–Trinajstić information content (AvgIpc) is 2.19. The van der Waals surface area contributed by atoms with E-state index in [9.17, 15) is 0 Å². The van der Waals surface area contributed by atoms with Crippen molar-refractivity contribution in [2.24, 2.45) is 0 Å². The molecule has 0 amide bonds. The van der Waals surface area contributed by atoms with E-state index >= 15 is 0 Å². The van der Waals surface area contributed by atoms with Crippen LogP contribution in [0.1, 0.15) is 11.4 Å². The zero-order valence-corrected chi connectivity index (χ0v) is 8.64. The van der Waals surface area contributed by atoms with Crippen LogP contribution in [0.4, 0.5) is 0 Å². The SMILES string of the molecule is Cc1cccc(C)[n+]1-[b-]1ccccc1. The van der Waals surface area contributed by atoms with Crippen molar-refractivity contribution in [3.63, 3.8) is 0 Å². The summed E-state index contributed by atoms with van der Waals surface area (Å²) in [6.45, 7) is 4.67. The first kappa shape index (κ1) is 9.13. The predicted octanol–water partition coefficient (Wildman–Crippen LogP) is 1.93. The normalized spacial score (nSPS) is 10.1. The fourth-order valence-electron chi connectivity index (χ4n) is 1.89. The molecule has 0 unspecified atom stereocenters. The van der Waals surface area contributed by atoms with E-state index in [4.69, 9.17) is 0 Å². The molecule has 0 atom stereocenters. The summed E-state index contributed by atoms with van der Waals surface area (Å²) < 4.78 is 2.33. The summed E-state index contributed by atoms with van der Waals surface area (Å²) in [5, 5.41) is 0. The molecule has 0 radical (unpaired) electrons. The molecule has 1 nitrogen and oxygen atoms in total. The van der Waals surface area contributed by atoms with Crippen LogP contribution in [0.2, 0.25) is 0 Å². The Morgan fingerprint density at radius 1 is 0.857 bits per heavy atom. The summed E-state index contributed by atoms with van der Waals surface area (Å²) in [5.41, 5.74) is 2.59. The molecule has 2 aromatic heterocycles. The van der Waals surface area contributed by atoms with Gasteiger partial charge >= 0.3 is 0 Å². The van der Waals surface area contributed by atoms with Crippen molar-refractivity contribution in [2.45, 2.75) is 13.8 Å². The van der Waals surface area contributed by atoms with E-state index in [1.54, 1.807) is 0 Å². The van der Waals surface area contributed by atoms with Crippen molar-refractivity contribution < 1.29 is 4.48 Å². The van der Waals surface area contributed by atoms with E-state index in [0.29, 0.717) is 6.48 Å². The highest BCUT2D eigenvalue weighted by Gasteiger charge is 2.02. The molecule has 0 aliphatic carbocycles. The number of hydrogen-bond donors (Lipinski definition) is 0. The second-order valence-electron chi connectivity index (χ2n) is 3.63. The fraction of sp³-hybridized carbons (Fsp3) is 0.167. The Morgan fingerprint density at radius 3 is 2.00 bits per heavy atom. The topological polar surface area (TPSA) is 3.88 Å². The van der Waals surface area contributed by atoms with E-state index in [0.717, 1.165) is 0 Å². The molecule has 0 bridgehead atoms. The minimum absolute atomic E-state index is 0.376. The first-order valence-electron chi connectivity index (χ1n) is 4.95. The molecule has 14 heavy (non-hydrogen) atoms. The molecule has 0 aromatic carbocycles. The Kier molecular flexibility index (Phi) is 2.44. The summed E-state index contributed by atoms with van der Waals surface area (Å²) in [4.78, 5) is 0. The quantitative estimate of drug-likeness (QED) is 0.635. The van der Waals surface area contributed by atoms with Gasteiger partial charge in [0.2, 0.25) is 6.48 Å². The third kappa shape index (κ3) is 1.60. The predicted molar refractivity (Wildman–Crippen MR) is 59.3 cm³/mol. The van der Waals surface area contributed by atoms with Crippen molar-refractivity contribution in [3.05, 3.63) is 59.7 Å². The molecule has 0 N–H and O–H groups in total. The summed E-state index contributed by atoms with van der Waals surface area (Å²) >= 11 is 0. The van der Waals surface area contributed by atoms with E-state index in [1.165, 1.54) is 11.4 Å². The highest BCUT2D eigenvalue weighted by Crippen LogP contribution is 1.95. The van der Waals surface area contributed by atoms with Gasteiger partial charge in [0.15, 0.2) is 0 Å². The molecule has 2 rings (SSSR count). The Hall–Kier alpha value is -1.44. The number of hydrogen-bond acceptors (Lipinski definition) is 0. The van der Waals surface area contributed by atoms with E-state index in [-0.39, 0.29) is 0 Å². The van der Waals surface area contributed by atoms with Gasteiger partial charge in [0.05, 0.1) is 0 Å². The van der Waals surface area contributed by atoms with Gasteiger partial charge in [-0.05, 0) is 0 Å². The second kappa shape index (κ2) is 3.75. The van der Waals surface area contributed by atoms with Crippen LogP contribution in [0.25, 0.3) is 0 Å². The van der Waals surface area contributed by atoms with Gasteiger partial charge in [-0.15, -0.1) is 0 Å². The summed E-state index contributed by atoms with van der Waals surface area (Å²) in [5.74, 6) is 4.42. The van der Waals surface area contributed by atoms with Gasteiger partial charge in [-0.2, -0.15) is 11.9 Å². The van der Waals surface area contributed by atoms with Crippen LogP contribution in [-0.2, 0) is 0 Å². The van der Waals surface area contributed by atoms with Gasteiger partial charge in [-0.3, -0.25) is 0 Å². The number of nitrogens with zero attached hydrogens (tertiary/aromatic N) is 1. The number of pyridine rings is 1. The molecular formula is C12H14BN. The van der Waals surface area contributed by atoms with Gasteiger partial charge in [-0.25, -0.2) is 0 Å². The average molecular weight is 183 g/mol. The number of aryl methyl sites for hydroxylation is 2. The summed E-state index contributed by atoms with van der Waals surface area (Å²) in [6.07, 6.45) is 0. The van der Waals surface area contributed by atoms with E-state index < -0.39 is 0 Å². The highest BCUT2D eigenvalue weighted by molar-refractivity contribution is 6.40. The lowest BCUT2D eigenvalue weighted by atomic mass is 9.78. The highest BCUT2D eigenvalue weighted by atomic mass is 14.9. The van der Waals surface area contributed by atoms with Crippen LogP contribution in [0.15, 0.2) is 48.3 Å². The van der Waals surface area contributed by atoms with Crippen molar-refractivity contribution in [1.82, 2.24) is 0 Å². The van der Waals surface area contributed by atoms with E-state index in [1.807, 2.05) is 0 Å². The van der Waals surface area contributed by atoms with Crippen molar-refractivity contribution in [2.75, 3.05) is 0 Å². The van der Waals surface area contributed by atoms with Crippen LogP contribution in [0.3, 0.4) is 0 Å². The largest absolute Gasteiger partial charge is 0.427 e. The van der Waals surface area contributed by atoms with Crippen molar-refractivity contribution in [3.8, 4) is 0 Å². The molecule has 2 aromatic rings. The first-order chi connectivity index (χ1) is 6.79. The van der Waals surface area contributed by atoms with Gasteiger partial charge in [0.25, 0.3) is 0 Å². The lowest BCUT2D eigenvalue weighted by Crippen LogP contribution is -2.47. The number of rotatable bonds is 1. The molecule has 0 spiro atoms. The maximum atomic E-state index is 2.33. The summed E-state index contributed by atoms with van der Waals surface area (Å²) in [6, 6.07) is 12.7.